The van der Waals surface area contributed by atoms with E-state index in [1.807, 2.05) is 18.8 Å². The van der Waals surface area contributed by atoms with Crippen molar-refractivity contribution in [3.63, 3.8) is 0 Å². The first-order valence-corrected chi connectivity index (χ1v) is 8.10. The molecule has 0 radical (unpaired) electrons. The Hall–Kier alpha value is -3.10. The van der Waals surface area contributed by atoms with Crippen LogP contribution in [0.5, 0.6) is 0 Å². The average molecular weight is 341 g/mol. The van der Waals surface area contributed by atoms with Crippen LogP contribution in [0.25, 0.3) is 11.1 Å². The molecule has 0 saturated carbocycles. The summed E-state index contributed by atoms with van der Waals surface area (Å²) < 4.78 is 7.44. The molecule has 3 aromatic rings. The van der Waals surface area contributed by atoms with E-state index in [0.717, 1.165) is 18.7 Å². The first-order chi connectivity index (χ1) is 12.1. The molecule has 9 nitrogen and oxygen atoms in total. The number of fused-ring (bicyclic) bond motifs is 2. The summed E-state index contributed by atoms with van der Waals surface area (Å²) in [6.45, 7) is 0.636. The number of oxazole rings is 1. The summed E-state index contributed by atoms with van der Waals surface area (Å²) in [5.74, 6) is 0.964. The molecule has 0 saturated heterocycles. The summed E-state index contributed by atoms with van der Waals surface area (Å²) in [7, 11) is 3.73. The first kappa shape index (κ1) is 15.4. The topological polar surface area (TPSA) is 101 Å². The lowest BCUT2D eigenvalue weighted by molar-refractivity contribution is 0.243. The molecule has 25 heavy (non-hydrogen) atoms. The fourth-order valence-corrected chi connectivity index (χ4v) is 2.89. The Labute approximate surface area is 144 Å². The van der Waals surface area contributed by atoms with Gasteiger partial charge >= 0.3 is 6.03 Å². The van der Waals surface area contributed by atoms with Crippen molar-refractivity contribution in [2.45, 2.75) is 25.4 Å². The van der Waals surface area contributed by atoms with E-state index in [-0.39, 0.29) is 12.1 Å². The quantitative estimate of drug-likeness (QED) is 0.751. The molecule has 0 aliphatic carbocycles. The van der Waals surface area contributed by atoms with Crippen molar-refractivity contribution in [2.24, 2.45) is 0 Å². The van der Waals surface area contributed by atoms with Crippen LogP contribution in [-0.2, 0) is 13.0 Å². The Morgan fingerprint density at radius 1 is 1.40 bits per heavy atom. The van der Waals surface area contributed by atoms with E-state index >= 15 is 0 Å². The van der Waals surface area contributed by atoms with Gasteiger partial charge in [-0.2, -0.15) is 10.1 Å². The van der Waals surface area contributed by atoms with Gasteiger partial charge in [0.25, 0.3) is 6.01 Å². The second-order valence-electron chi connectivity index (χ2n) is 6.27. The Balaban J connectivity index is 1.41. The third-order valence-corrected chi connectivity index (χ3v) is 4.16. The zero-order valence-corrected chi connectivity index (χ0v) is 14.1. The Morgan fingerprint density at radius 3 is 3.12 bits per heavy atom. The number of nitrogens with one attached hydrogen (secondary N) is 2. The molecule has 1 unspecified atom stereocenters. The highest BCUT2D eigenvalue weighted by molar-refractivity contribution is 5.92. The summed E-state index contributed by atoms with van der Waals surface area (Å²) in [6, 6.07) is 5.70. The van der Waals surface area contributed by atoms with Crippen molar-refractivity contribution >= 4 is 28.8 Å². The molecule has 2 N–H and O–H groups in total. The first-order valence-electron chi connectivity index (χ1n) is 8.10. The standard InChI is InChI=1S/C16H19N7O2/c1-22(2)16-21-12-7-10(3-5-13(12)25-16)19-15(24)20-11-4-6-14-17-9-18-23(14)8-11/h3,5,7,9,11H,4,6,8H2,1-2H3,(H2,19,20,24). The van der Waals surface area contributed by atoms with Crippen LogP contribution in [0.2, 0.25) is 0 Å². The third kappa shape index (κ3) is 3.12. The van der Waals surface area contributed by atoms with Crippen LogP contribution >= 0.6 is 0 Å². The fourth-order valence-electron chi connectivity index (χ4n) is 2.89. The predicted molar refractivity (Wildman–Crippen MR) is 92.6 cm³/mol. The van der Waals surface area contributed by atoms with Gasteiger partial charge in [0.1, 0.15) is 17.7 Å². The van der Waals surface area contributed by atoms with Gasteiger partial charge in [-0.05, 0) is 24.6 Å². The van der Waals surface area contributed by atoms with E-state index in [0.29, 0.717) is 29.3 Å². The number of urea groups is 1. The van der Waals surface area contributed by atoms with Crippen LogP contribution in [0.3, 0.4) is 0 Å². The van der Waals surface area contributed by atoms with E-state index in [2.05, 4.69) is 25.7 Å². The third-order valence-electron chi connectivity index (χ3n) is 4.16. The number of aryl methyl sites for hydroxylation is 1. The summed E-state index contributed by atoms with van der Waals surface area (Å²) in [5.41, 5.74) is 2.05. The molecule has 1 aromatic carbocycles. The number of carbonyl (C=O) groups is 1. The van der Waals surface area contributed by atoms with Crippen LogP contribution in [0.1, 0.15) is 12.2 Å². The smallest absolute Gasteiger partial charge is 0.319 e. The second-order valence-corrected chi connectivity index (χ2v) is 6.27. The van der Waals surface area contributed by atoms with Gasteiger partial charge < -0.3 is 20.0 Å². The Bertz CT molecular complexity index is 914. The Morgan fingerprint density at radius 2 is 2.28 bits per heavy atom. The lowest BCUT2D eigenvalue weighted by Crippen LogP contribution is -2.43. The van der Waals surface area contributed by atoms with Gasteiger partial charge in [-0.1, -0.05) is 0 Å². The fraction of sp³-hybridized carbons (Fsp3) is 0.375. The van der Waals surface area contributed by atoms with Crippen molar-refractivity contribution < 1.29 is 9.21 Å². The minimum absolute atomic E-state index is 0.0327. The summed E-state index contributed by atoms with van der Waals surface area (Å²) in [4.78, 5) is 22.6. The predicted octanol–water partition coefficient (Wildman–Crippen LogP) is 1.62. The molecule has 4 rings (SSSR count). The summed E-state index contributed by atoms with van der Waals surface area (Å²) >= 11 is 0. The molecule has 2 amide bonds. The number of amides is 2. The highest BCUT2D eigenvalue weighted by Crippen LogP contribution is 2.23. The number of anilines is 2. The van der Waals surface area contributed by atoms with Crippen molar-refractivity contribution in [1.29, 1.82) is 0 Å². The van der Waals surface area contributed by atoms with Crippen LogP contribution in [0.4, 0.5) is 16.5 Å². The summed E-state index contributed by atoms with van der Waals surface area (Å²) in [6.07, 6.45) is 3.21. The van der Waals surface area contributed by atoms with Gasteiger partial charge in [-0.25, -0.2) is 14.5 Å². The van der Waals surface area contributed by atoms with Gasteiger partial charge in [-0.15, -0.1) is 0 Å². The van der Waals surface area contributed by atoms with Crippen LogP contribution < -0.4 is 15.5 Å². The molecule has 0 fully saturated rings. The molecule has 130 valence electrons. The van der Waals surface area contributed by atoms with Crippen LogP contribution in [0.15, 0.2) is 28.9 Å². The zero-order chi connectivity index (χ0) is 17.4. The number of carbonyl (C=O) groups excluding carboxylic acids is 1. The van der Waals surface area contributed by atoms with Gasteiger partial charge in [0.05, 0.1) is 12.6 Å². The molecule has 1 aliphatic rings. The van der Waals surface area contributed by atoms with Crippen molar-refractivity contribution in [3.8, 4) is 0 Å². The lowest BCUT2D eigenvalue weighted by atomic mass is 10.1. The van der Waals surface area contributed by atoms with Crippen molar-refractivity contribution in [3.05, 3.63) is 30.4 Å². The number of nitrogens with zero attached hydrogens (tertiary/aromatic N) is 5. The van der Waals surface area contributed by atoms with Gasteiger partial charge in [0.15, 0.2) is 5.58 Å². The van der Waals surface area contributed by atoms with E-state index in [9.17, 15) is 4.79 Å². The minimum Gasteiger partial charge on any atom is -0.423 e. The largest absolute Gasteiger partial charge is 0.423 e. The monoisotopic (exact) mass is 341 g/mol. The number of hydrogen-bond donors (Lipinski definition) is 2. The molecule has 0 spiro atoms. The molecule has 1 atom stereocenters. The van der Waals surface area contributed by atoms with Gasteiger partial charge in [0, 0.05) is 26.2 Å². The zero-order valence-electron chi connectivity index (χ0n) is 14.1. The van der Waals surface area contributed by atoms with Crippen molar-refractivity contribution in [2.75, 3.05) is 24.3 Å². The maximum Gasteiger partial charge on any atom is 0.319 e. The molecule has 9 heteroatoms. The maximum atomic E-state index is 12.3. The van der Waals surface area contributed by atoms with E-state index in [1.165, 1.54) is 0 Å². The van der Waals surface area contributed by atoms with Crippen LogP contribution in [-0.4, -0.2) is 45.9 Å². The molecular weight excluding hydrogens is 322 g/mol. The molecule has 1 aliphatic heterocycles. The maximum absolute atomic E-state index is 12.3. The average Bonchev–Trinajstić information content (AvgIpc) is 3.20. The molecule has 0 bridgehead atoms. The van der Waals surface area contributed by atoms with E-state index in [1.54, 1.807) is 29.4 Å². The summed E-state index contributed by atoms with van der Waals surface area (Å²) in [5, 5.41) is 9.99. The number of aromatic nitrogens is 4. The van der Waals surface area contributed by atoms with Crippen LogP contribution in [0, 0.1) is 0 Å². The van der Waals surface area contributed by atoms with E-state index in [4.69, 9.17) is 4.42 Å². The minimum atomic E-state index is -0.246. The SMILES string of the molecule is CN(C)c1nc2cc(NC(=O)NC3CCc4ncnn4C3)ccc2o1. The van der Waals surface area contributed by atoms with E-state index < -0.39 is 0 Å². The lowest BCUT2D eigenvalue weighted by Gasteiger charge is -2.23. The molecule has 2 aromatic heterocycles. The highest BCUT2D eigenvalue weighted by atomic mass is 16.4. The molecule has 3 heterocycles. The number of benzene rings is 1. The second kappa shape index (κ2) is 6.08. The Kier molecular flexibility index (Phi) is 3.75. The number of hydrogen-bond acceptors (Lipinski definition) is 6. The molecular formula is C16H19N7O2. The normalized spacial score (nSPS) is 16.5. The van der Waals surface area contributed by atoms with Gasteiger partial charge in [-0.3, -0.25) is 0 Å². The number of rotatable bonds is 3. The highest BCUT2D eigenvalue weighted by Gasteiger charge is 2.21. The van der Waals surface area contributed by atoms with Crippen molar-refractivity contribution in [1.82, 2.24) is 25.1 Å². The van der Waals surface area contributed by atoms with Gasteiger partial charge in [0.2, 0.25) is 0 Å².